The highest BCUT2D eigenvalue weighted by Crippen LogP contribution is 2.29. The number of methoxy groups -OCH3 is 1. The van der Waals surface area contributed by atoms with Crippen molar-refractivity contribution in [1.29, 1.82) is 0 Å². The Morgan fingerprint density at radius 3 is 2.45 bits per heavy atom. The van der Waals surface area contributed by atoms with Crippen LogP contribution in [0.1, 0.15) is 5.56 Å². The summed E-state index contributed by atoms with van der Waals surface area (Å²) in [5.74, 6) is -0.393. The number of hydrogen-bond donors (Lipinski definition) is 5. The quantitative estimate of drug-likeness (QED) is 0.373. The molecule has 0 heterocycles. The molecule has 0 aliphatic carbocycles. The van der Waals surface area contributed by atoms with Crippen molar-refractivity contribution in [2.75, 3.05) is 19.0 Å². The van der Waals surface area contributed by atoms with Gasteiger partial charge in [-0.05, 0) is 29.1 Å². The van der Waals surface area contributed by atoms with Crippen molar-refractivity contribution >= 4 is 28.3 Å². The molecule has 0 bridgehead atoms. The van der Waals surface area contributed by atoms with E-state index in [1.165, 1.54) is 12.1 Å². The molecule has 31 heavy (non-hydrogen) atoms. The van der Waals surface area contributed by atoms with E-state index in [1.54, 1.807) is 25.3 Å². The number of phenols is 1. The average Bonchev–Trinajstić information content (AvgIpc) is 2.78. The second kappa shape index (κ2) is 9.92. The van der Waals surface area contributed by atoms with Crippen LogP contribution in [0, 0.1) is 0 Å². The van der Waals surface area contributed by atoms with E-state index in [2.05, 4.69) is 10.6 Å². The lowest BCUT2D eigenvalue weighted by molar-refractivity contribution is -0.127. The smallest absolute Gasteiger partial charge is 0.247 e. The lowest BCUT2D eigenvalue weighted by Gasteiger charge is -2.21. The third-order valence-electron chi connectivity index (χ3n) is 4.85. The Kier molecular flexibility index (Phi) is 7.07. The highest BCUT2D eigenvalue weighted by molar-refractivity contribution is 6.01. The molecule has 162 valence electrons. The van der Waals surface area contributed by atoms with Crippen molar-refractivity contribution in [3.63, 3.8) is 0 Å². The molecule has 8 heteroatoms. The van der Waals surface area contributed by atoms with E-state index in [-0.39, 0.29) is 12.2 Å². The van der Waals surface area contributed by atoms with Crippen molar-refractivity contribution in [2.24, 2.45) is 5.73 Å². The van der Waals surface area contributed by atoms with Crippen LogP contribution in [0.25, 0.3) is 10.8 Å². The third kappa shape index (κ3) is 5.50. The Morgan fingerprint density at radius 1 is 1.06 bits per heavy atom. The number of ether oxygens (including phenoxy) is 1. The number of benzene rings is 3. The maximum Gasteiger partial charge on any atom is 0.247 e. The number of aliphatic hydroxyl groups excluding tert-OH is 1. The lowest BCUT2D eigenvalue weighted by atomic mass is 10.0. The summed E-state index contributed by atoms with van der Waals surface area (Å²) in [5, 5.41) is 25.8. The van der Waals surface area contributed by atoms with Crippen LogP contribution < -0.4 is 21.1 Å². The van der Waals surface area contributed by atoms with Crippen LogP contribution in [0.3, 0.4) is 0 Å². The monoisotopic (exact) mass is 423 g/mol. The predicted molar refractivity (Wildman–Crippen MR) is 118 cm³/mol. The predicted octanol–water partition coefficient (Wildman–Crippen LogP) is 1.54. The number of aliphatic hydroxyl groups is 1. The molecule has 3 aromatic rings. The van der Waals surface area contributed by atoms with Gasteiger partial charge >= 0.3 is 0 Å². The first-order chi connectivity index (χ1) is 14.9. The standard InChI is InChI=1S/C23H25N3O5/c1-31-21-12-16(11-15-4-2-3-5-18(15)21)25-23(30)20(26-22(29)19(24)13-27)10-14-6-8-17(28)9-7-14/h2-9,11-12,19-20,27-28H,10,13,24H2,1H3,(H,25,30)(H,26,29)/t19-,20-/m0/s1. The summed E-state index contributed by atoms with van der Waals surface area (Å²) in [6, 6.07) is 15.4. The van der Waals surface area contributed by atoms with E-state index in [0.29, 0.717) is 11.4 Å². The molecule has 6 N–H and O–H groups in total. The van der Waals surface area contributed by atoms with Crippen LogP contribution >= 0.6 is 0 Å². The van der Waals surface area contributed by atoms with Gasteiger partial charge in [-0.25, -0.2) is 0 Å². The van der Waals surface area contributed by atoms with Gasteiger partial charge in [0.15, 0.2) is 0 Å². The van der Waals surface area contributed by atoms with Gasteiger partial charge in [0, 0.05) is 23.6 Å². The second-order valence-corrected chi connectivity index (χ2v) is 7.11. The van der Waals surface area contributed by atoms with Gasteiger partial charge in [0.05, 0.1) is 13.7 Å². The molecule has 0 spiro atoms. The largest absolute Gasteiger partial charge is 0.508 e. The molecule has 2 atom stereocenters. The van der Waals surface area contributed by atoms with E-state index >= 15 is 0 Å². The van der Waals surface area contributed by atoms with Crippen molar-refractivity contribution in [3.8, 4) is 11.5 Å². The maximum atomic E-state index is 13.0. The lowest BCUT2D eigenvalue weighted by Crippen LogP contribution is -2.52. The Morgan fingerprint density at radius 2 is 1.77 bits per heavy atom. The summed E-state index contributed by atoms with van der Waals surface area (Å²) in [6.07, 6.45) is 0.167. The summed E-state index contributed by atoms with van der Waals surface area (Å²) >= 11 is 0. The number of nitrogens with one attached hydrogen (secondary N) is 2. The van der Waals surface area contributed by atoms with Gasteiger partial charge in [-0.1, -0.05) is 36.4 Å². The number of phenolic OH excluding ortho intramolecular Hbond substituents is 1. The molecule has 3 rings (SSSR count). The number of carbonyl (C=O) groups is 2. The maximum absolute atomic E-state index is 13.0. The number of amides is 2. The van der Waals surface area contributed by atoms with E-state index in [4.69, 9.17) is 15.6 Å². The minimum absolute atomic E-state index is 0.0966. The summed E-state index contributed by atoms with van der Waals surface area (Å²) in [6.45, 7) is -0.540. The van der Waals surface area contributed by atoms with Crippen molar-refractivity contribution in [3.05, 3.63) is 66.2 Å². The van der Waals surface area contributed by atoms with E-state index in [0.717, 1.165) is 16.3 Å². The summed E-state index contributed by atoms with van der Waals surface area (Å²) in [4.78, 5) is 25.3. The van der Waals surface area contributed by atoms with Gasteiger partial charge in [-0.15, -0.1) is 0 Å². The summed E-state index contributed by atoms with van der Waals surface area (Å²) < 4.78 is 5.44. The minimum Gasteiger partial charge on any atom is -0.508 e. The van der Waals surface area contributed by atoms with Crippen LogP contribution in [0.4, 0.5) is 5.69 Å². The van der Waals surface area contributed by atoms with Crippen LogP contribution in [0.5, 0.6) is 11.5 Å². The van der Waals surface area contributed by atoms with Gasteiger partial charge in [0.1, 0.15) is 23.6 Å². The van der Waals surface area contributed by atoms with Crippen LogP contribution in [0.2, 0.25) is 0 Å². The first-order valence-corrected chi connectivity index (χ1v) is 9.73. The van der Waals surface area contributed by atoms with Gasteiger partial charge < -0.3 is 31.3 Å². The molecule has 0 radical (unpaired) electrons. The molecule has 0 saturated carbocycles. The Hall–Kier alpha value is -3.62. The van der Waals surface area contributed by atoms with Crippen molar-refractivity contribution in [1.82, 2.24) is 5.32 Å². The molecular weight excluding hydrogens is 398 g/mol. The summed E-state index contributed by atoms with van der Waals surface area (Å²) in [5.41, 5.74) is 6.83. The van der Waals surface area contributed by atoms with Crippen molar-refractivity contribution in [2.45, 2.75) is 18.5 Å². The number of carbonyl (C=O) groups excluding carboxylic acids is 2. The fourth-order valence-corrected chi connectivity index (χ4v) is 3.18. The van der Waals surface area contributed by atoms with Gasteiger partial charge in [-0.2, -0.15) is 0 Å². The molecule has 0 unspecified atom stereocenters. The van der Waals surface area contributed by atoms with Crippen LogP contribution in [-0.2, 0) is 16.0 Å². The molecule has 0 aliphatic heterocycles. The van der Waals surface area contributed by atoms with E-state index in [1.807, 2.05) is 30.3 Å². The average molecular weight is 423 g/mol. The Balaban J connectivity index is 1.85. The fraction of sp³-hybridized carbons (Fsp3) is 0.217. The Bertz CT molecular complexity index is 1070. The van der Waals surface area contributed by atoms with E-state index in [9.17, 15) is 14.7 Å². The molecule has 3 aromatic carbocycles. The number of nitrogens with two attached hydrogens (primary N) is 1. The molecule has 0 aromatic heterocycles. The topological polar surface area (TPSA) is 134 Å². The van der Waals surface area contributed by atoms with Gasteiger partial charge in [0.2, 0.25) is 11.8 Å². The molecule has 0 aliphatic rings. The fourth-order valence-electron chi connectivity index (χ4n) is 3.18. The highest BCUT2D eigenvalue weighted by atomic mass is 16.5. The number of anilines is 1. The number of aromatic hydroxyl groups is 1. The zero-order valence-corrected chi connectivity index (χ0v) is 17.0. The minimum atomic E-state index is -1.14. The molecule has 8 nitrogen and oxygen atoms in total. The third-order valence-corrected chi connectivity index (χ3v) is 4.85. The Labute approximate surface area is 179 Å². The first kappa shape index (κ1) is 22.1. The van der Waals surface area contributed by atoms with Crippen LogP contribution in [-0.4, -0.2) is 47.8 Å². The molecule has 0 saturated heterocycles. The number of fused-ring (bicyclic) bond motifs is 1. The molecular formula is C23H25N3O5. The zero-order chi connectivity index (χ0) is 22.4. The molecule has 2 amide bonds. The van der Waals surface area contributed by atoms with Gasteiger partial charge in [0.25, 0.3) is 0 Å². The highest BCUT2D eigenvalue weighted by Gasteiger charge is 2.24. The SMILES string of the molecule is COc1cc(NC(=O)[C@H](Cc2ccc(O)cc2)NC(=O)[C@@H](N)CO)cc2ccccc12. The first-order valence-electron chi connectivity index (χ1n) is 9.73. The van der Waals surface area contributed by atoms with Crippen LogP contribution in [0.15, 0.2) is 60.7 Å². The van der Waals surface area contributed by atoms with Crippen molar-refractivity contribution < 1.29 is 24.5 Å². The van der Waals surface area contributed by atoms with Gasteiger partial charge in [-0.3, -0.25) is 9.59 Å². The second-order valence-electron chi connectivity index (χ2n) is 7.11. The zero-order valence-electron chi connectivity index (χ0n) is 17.0. The normalized spacial score (nSPS) is 12.7. The number of rotatable bonds is 8. The summed E-state index contributed by atoms with van der Waals surface area (Å²) in [7, 11) is 1.55. The molecule has 0 fully saturated rings. The number of hydrogen-bond acceptors (Lipinski definition) is 6. The van der Waals surface area contributed by atoms with E-state index < -0.39 is 30.5 Å².